The molecule has 0 saturated heterocycles. The van der Waals surface area contributed by atoms with Gasteiger partial charge in [0, 0.05) is 11.8 Å². The van der Waals surface area contributed by atoms with Gasteiger partial charge in [0.1, 0.15) is 0 Å². The van der Waals surface area contributed by atoms with E-state index in [1.165, 1.54) is 17.6 Å². The monoisotopic (exact) mass is 300 g/mol. The molecule has 2 nitrogen and oxygen atoms in total. The maximum atomic E-state index is 11.8. The fourth-order valence-electron chi connectivity index (χ4n) is 6.56. The van der Waals surface area contributed by atoms with E-state index in [-0.39, 0.29) is 11.5 Å². The largest absolute Gasteiger partial charge is 0.393 e. The maximum Gasteiger partial charge on any atom is 0.155 e. The van der Waals surface area contributed by atoms with E-state index in [1.54, 1.807) is 0 Å². The van der Waals surface area contributed by atoms with Crippen LogP contribution in [0.5, 0.6) is 0 Å². The average Bonchev–Trinajstić information content (AvgIpc) is 2.74. The third-order valence-corrected chi connectivity index (χ3v) is 7.49. The summed E-state index contributed by atoms with van der Waals surface area (Å²) in [7, 11) is 0. The molecule has 0 aromatic heterocycles. The number of aliphatic hydroxyl groups is 1. The summed E-state index contributed by atoms with van der Waals surface area (Å²) < 4.78 is 0. The summed E-state index contributed by atoms with van der Waals surface area (Å²) in [5.41, 5.74) is 2.79. The predicted molar refractivity (Wildman–Crippen MR) is 87.2 cm³/mol. The highest BCUT2D eigenvalue weighted by Gasteiger charge is 2.58. The third-order valence-electron chi connectivity index (χ3n) is 7.49. The van der Waals surface area contributed by atoms with E-state index in [9.17, 15) is 9.90 Å². The normalized spacial score (nSPS) is 51.0. The Morgan fingerprint density at radius 3 is 2.86 bits per heavy atom. The van der Waals surface area contributed by atoms with E-state index in [0.29, 0.717) is 41.8 Å². The first-order chi connectivity index (χ1) is 10.4. The van der Waals surface area contributed by atoms with Gasteiger partial charge in [0.25, 0.3) is 0 Å². The van der Waals surface area contributed by atoms with Crippen LogP contribution in [0, 0.1) is 35.0 Å². The molecule has 0 aromatic carbocycles. The molecule has 3 fully saturated rings. The minimum Gasteiger partial charge on any atom is -0.393 e. The average molecular weight is 300 g/mol. The lowest BCUT2D eigenvalue weighted by atomic mass is 9.48. The summed E-state index contributed by atoms with van der Waals surface area (Å²) >= 11 is 0. The smallest absolute Gasteiger partial charge is 0.155 e. The minimum absolute atomic E-state index is 0.0399. The Kier molecular flexibility index (Phi) is 3.21. The zero-order valence-corrected chi connectivity index (χ0v) is 13.8. The molecular formula is C20H28O2. The lowest BCUT2D eigenvalue weighted by molar-refractivity contribution is -0.116. The highest BCUT2D eigenvalue weighted by atomic mass is 16.3. The second-order valence-electron chi connectivity index (χ2n) is 8.66. The highest BCUT2D eigenvalue weighted by Crippen LogP contribution is 2.64. The fraction of sp³-hybridized carbons (Fsp3) is 0.750. The van der Waals surface area contributed by atoms with Crippen LogP contribution >= 0.6 is 0 Å². The molecule has 0 heterocycles. The Labute approximate surface area is 133 Å². The standard InChI is InChI=1S/C20H28O2/c1-11-8-13-9-14(21)4-5-15(13)18-12(2)10-20(3)16(19(11)18)6-7-17(20)22/h9,11,15-19,22H,2,4-8,10H2,1,3H3/t11-,15?,16?,17+,18?,19?,20+/m1/s1. The summed E-state index contributed by atoms with van der Waals surface area (Å²) in [5, 5.41) is 10.5. The molecule has 0 aromatic rings. The lowest BCUT2D eigenvalue weighted by Gasteiger charge is -2.56. The van der Waals surface area contributed by atoms with Gasteiger partial charge in [0.15, 0.2) is 5.78 Å². The van der Waals surface area contributed by atoms with Crippen LogP contribution in [0.2, 0.25) is 0 Å². The summed E-state index contributed by atoms with van der Waals surface area (Å²) in [6.07, 6.45) is 7.70. The van der Waals surface area contributed by atoms with Crippen molar-refractivity contribution in [1.82, 2.24) is 0 Å². The van der Waals surface area contributed by atoms with Crippen LogP contribution in [0.3, 0.4) is 0 Å². The molecule has 0 spiro atoms. The number of carbonyl (C=O) groups is 1. The van der Waals surface area contributed by atoms with Crippen LogP contribution in [0.1, 0.15) is 52.4 Å². The number of allylic oxidation sites excluding steroid dienone is 2. The molecule has 4 aliphatic rings. The Hall–Kier alpha value is -0.890. The molecule has 0 radical (unpaired) electrons. The molecule has 1 N–H and O–H groups in total. The van der Waals surface area contributed by atoms with Gasteiger partial charge in [-0.15, -0.1) is 0 Å². The Morgan fingerprint density at radius 1 is 1.32 bits per heavy atom. The number of carbonyl (C=O) groups excluding carboxylic acids is 1. The molecule has 2 heteroatoms. The molecule has 4 aliphatic carbocycles. The second-order valence-corrected chi connectivity index (χ2v) is 8.66. The summed E-state index contributed by atoms with van der Waals surface area (Å²) in [6, 6.07) is 0. The number of fused-ring (bicyclic) bond motifs is 5. The summed E-state index contributed by atoms with van der Waals surface area (Å²) in [6.45, 7) is 9.11. The van der Waals surface area contributed by atoms with Gasteiger partial charge in [-0.3, -0.25) is 4.79 Å². The van der Waals surface area contributed by atoms with Crippen molar-refractivity contribution in [3.8, 4) is 0 Å². The van der Waals surface area contributed by atoms with E-state index in [4.69, 9.17) is 0 Å². The third kappa shape index (κ3) is 1.86. The first kappa shape index (κ1) is 14.7. The number of ketones is 1. The van der Waals surface area contributed by atoms with Crippen molar-refractivity contribution < 1.29 is 9.90 Å². The first-order valence-corrected chi connectivity index (χ1v) is 9.01. The van der Waals surface area contributed by atoms with Crippen molar-refractivity contribution in [2.24, 2.45) is 35.0 Å². The van der Waals surface area contributed by atoms with Crippen molar-refractivity contribution in [2.75, 3.05) is 0 Å². The molecule has 4 unspecified atom stereocenters. The zero-order valence-electron chi connectivity index (χ0n) is 13.8. The Morgan fingerprint density at radius 2 is 2.09 bits per heavy atom. The van der Waals surface area contributed by atoms with Crippen LogP contribution in [0.4, 0.5) is 0 Å². The minimum atomic E-state index is -0.160. The van der Waals surface area contributed by atoms with Gasteiger partial charge in [-0.25, -0.2) is 0 Å². The quantitative estimate of drug-likeness (QED) is 0.689. The highest BCUT2D eigenvalue weighted by molar-refractivity contribution is 5.91. The SMILES string of the molecule is C=C1C[C@@]2(C)C(CC[C@@H]2O)C2C1C1CCC(=O)C=C1C[C@H]2C. The van der Waals surface area contributed by atoms with Crippen molar-refractivity contribution >= 4 is 5.78 Å². The lowest BCUT2D eigenvalue weighted by Crippen LogP contribution is -2.51. The molecule has 120 valence electrons. The van der Waals surface area contributed by atoms with Crippen LogP contribution in [0.15, 0.2) is 23.8 Å². The number of hydrogen-bond donors (Lipinski definition) is 1. The molecule has 0 amide bonds. The number of aliphatic hydroxyl groups excluding tert-OH is 1. The zero-order chi connectivity index (χ0) is 15.6. The van der Waals surface area contributed by atoms with Crippen molar-refractivity contribution in [2.45, 2.75) is 58.5 Å². The molecule has 22 heavy (non-hydrogen) atoms. The number of rotatable bonds is 0. The van der Waals surface area contributed by atoms with Gasteiger partial charge in [-0.05, 0) is 67.8 Å². The van der Waals surface area contributed by atoms with E-state index in [1.807, 2.05) is 6.08 Å². The molecule has 3 saturated carbocycles. The van der Waals surface area contributed by atoms with Crippen molar-refractivity contribution in [1.29, 1.82) is 0 Å². The molecule has 0 bridgehead atoms. The number of hydrogen-bond acceptors (Lipinski definition) is 2. The van der Waals surface area contributed by atoms with Gasteiger partial charge >= 0.3 is 0 Å². The Bertz CT molecular complexity index is 560. The van der Waals surface area contributed by atoms with Crippen molar-refractivity contribution in [3.05, 3.63) is 23.8 Å². The van der Waals surface area contributed by atoms with Crippen molar-refractivity contribution in [3.63, 3.8) is 0 Å². The molecule has 7 atom stereocenters. The summed E-state index contributed by atoms with van der Waals surface area (Å²) in [5.74, 6) is 3.30. The molecular weight excluding hydrogens is 272 g/mol. The van der Waals surface area contributed by atoms with E-state index < -0.39 is 0 Å². The van der Waals surface area contributed by atoms with Gasteiger partial charge < -0.3 is 5.11 Å². The summed E-state index contributed by atoms with van der Waals surface area (Å²) in [4.78, 5) is 11.8. The van der Waals surface area contributed by atoms with E-state index >= 15 is 0 Å². The van der Waals surface area contributed by atoms with Gasteiger partial charge in [0.2, 0.25) is 0 Å². The second kappa shape index (κ2) is 4.80. The fourth-order valence-corrected chi connectivity index (χ4v) is 6.56. The molecule has 4 rings (SSSR count). The first-order valence-electron chi connectivity index (χ1n) is 9.01. The van der Waals surface area contributed by atoms with Gasteiger partial charge in [-0.1, -0.05) is 31.6 Å². The van der Waals surface area contributed by atoms with Crippen LogP contribution < -0.4 is 0 Å². The maximum absolute atomic E-state index is 11.8. The van der Waals surface area contributed by atoms with Crippen LogP contribution in [-0.4, -0.2) is 17.0 Å². The Balaban J connectivity index is 1.75. The van der Waals surface area contributed by atoms with Gasteiger partial charge in [0.05, 0.1) is 6.10 Å². The van der Waals surface area contributed by atoms with Gasteiger partial charge in [-0.2, -0.15) is 0 Å². The topological polar surface area (TPSA) is 37.3 Å². The van der Waals surface area contributed by atoms with E-state index in [2.05, 4.69) is 20.4 Å². The predicted octanol–water partition coefficient (Wildman–Crippen LogP) is 3.90. The van der Waals surface area contributed by atoms with E-state index in [0.717, 1.165) is 25.7 Å². The van der Waals surface area contributed by atoms with Crippen LogP contribution in [-0.2, 0) is 4.79 Å². The molecule has 0 aliphatic heterocycles. The van der Waals surface area contributed by atoms with Crippen LogP contribution in [0.25, 0.3) is 0 Å².